The lowest BCUT2D eigenvalue weighted by molar-refractivity contribution is 0.398. The third-order valence-electron chi connectivity index (χ3n) is 3.15. The fourth-order valence-corrected chi connectivity index (χ4v) is 2.43. The summed E-state index contributed by atoms with van der Waals surface area (Å²) in [6.07, 6.45) is 3.50. The van der Waals surface area contributed by atoms with E-state index in [1.165, 1.54) is 17.5 Å². The van der Waals surface area contributed by atoms with E-state index in [2.05, 4.69) is 30.4 Å². The largest absolute Gasteiger partial charge is 0.496 e. The second kappa shape index (κ2) is 4.67. The van der Waals surface area contributed by atoms with Gasteiger partial charge in [0.1, 0.15) is 5.75 Å². The minimum atomic E-state index is 0.648. The number of benzene rings is 1. The first-order chi connectivity index (χ1) is 7.35. The van der Waals surface area contributed by atoms with Crippen LogP contribution in [0.2, 0.25) is 0 Å². The van der Waals surface area contributed by atoms with Gasteiger partial charge in [-0.2, -0.15) is 0 Å². The van der Waals surface area contributed by atoms with Crippen LogP contribution in [0.3, 0.4) is 0 Å². The number of ether oxygens (including phenoxy) is 1. The van der Waals surface area contributed by atoms with Gasteiger partial charge in [0.25, 0.3) is 0 Å². The monoisotopic (exact) mass is 205 g/mol. The zero-order valence-electron chi connectivity index (χ0n) is 9.55. The Labute approximate surface area is 91.6 Å². The Bertz CT molecular complexity index is 335. The van der Waals surface area contributed by atoms with Crippen LogP contribution in [0.15, 0.2) is 18.2 Å². The quantitative estimate of drug-likeness (QED) is 0.816. The summed E-state index contributed by atoms with van der Waals surface area (Å²) in [5, 5.41) is 3.52. The highest BCUT2D eigenvalue weighted by atomic mass is 16.5. The standard InChI is InChI=1S/C13H19NO/c1-3-14-11-7-8-12-10(9-11)5-4-6-13(12)15-2/h4-6,11,14H,3,7-9H2,1-2H3. The van der Waals surface area contributed by atoms with Gasteiger partial charge >= 0.3 is 0 Å². The fourth-order valence-electron chi connectivity index (χ4n) is 2.43. The minimum Gasteiger partial charge on any atom is -0.496 e. The molecule has 0 amide bonds. The maximum atomic E-state index is 5.39. The van der Waals surface area contributed by atoms with E-state index in [0.29, 0.717) is 6.04 Å². The SMILES string of the molecule is CCNC1CCc2c(cccc2OC)C1. The third kappa shape index (κ3) is 2.15. The Hall–Kier alpha value is -1.02. The molecule has 1 N–H and O–H groups in total. The van der Waals surface area contributed by atoms with Crippen molar-refractivity contribution in [2.75, 3.05) is 13.7 Å². The number of methoxy groups -OCH3 is 1. The van der Waals surface area contributed by atoms with E-state index in [4.69, 9.17) is 4.74 Å². The fraction of sp³-hybridized carbons (Fsp3) is 0.538. The number of likely N-dealkylation sites (N-methyl/N-ethyl adjacent to an activating group) is 1. The van der Waals surface area contributed by atoms with Crippen molar-refractivity contribution in [1.29, 1.82) is 0 Å². The molecule has 0 aliphatic heterocycles. The van der Waals surface area contributed by atoms with Crippen molar-refractivity contribution in [1.82, 2.24) is 5.32 Å². The van der Waals surface area contributed by atoms with E-state index in [0.717, 1.165) is 25.1 Å². The minimum absolute atomic E-state index is 0.648. The molecule has 2 heteroatoms. The van der Waals surface area contributed by atoms with E-state index in [-0.39, 0.29) is 0 Å². The van der Waals surface area contributed by atoms with E-state index >= 15 is 0 Å². The lowest BCUT2D eigenvalue weighted by Gasteiger charge is -2.26. The molecule has 1 aliphatic carbocycles. The second-order valence-corrected chi connectivity index (χ2v) is 4.10. The van der Waals surface area contributed by atoms with Crippen molar-refractivity contribution in [3.05, 3.63) is 29.3 Å². The zero-order chi connectivity index (χ0) is 10.7. The number of nitrogens with one attached hydrogen (secondary N) is 1. The Balaban J connectivity index is 2.20. The molecule has 0 aromatic heterocycles. The number of rotatable bonds is 3. The summed E-state index contributed by atoms with van der Waals surface area (Å²) < 4.78 is 5.39. The Morgan fingerprint density at radius 1 is 1.47 bits per heavy atom. The van der Waals surface area contributed by atoms with Crippen LogP contribution < -0.4 is 10.1 Å². The molecule has 1 aromatic rings. The summed E-state index contributed by atoms with van der Waals surface area (Å²) in [5.74, 6) is 1.06. The highest BCUT2D eigenvalue weighted by Crippen LogP contribution is 2.29. The molecule has 0 fully saturated rings. The van der Waals surface area contributed by atoms with Gasteiger partial charge in [0.05, 0.1) is 7.11 Å². The van der Waals surface area contributed by atoms with E-state index in [1.807, 2.05) is 0 Å². The molecule has 1 aliphatic rings. The van der Waals surface area contributed by atoms with Crippen LogP contribution in [-0.4, -0.2) is 19.7 Å². The summed E-state index contributed by atoms with van der Waals surface area (Å²) in [5.41, 5.74) is 2.86. The number of hydrogen-bond donors (Lipinski definition) is 1. The summed E-state index contributed by atoms with van der Waals surface area (Å²) in [4.78, 5) is 0. The van der Waals surface area contributed by atoms with Crippen molar-refractivity contribution in [3.63, 3.8) is 0 Å². The first kappa shape index (κ1) is 10.5. The van der Waals surface area contributed by atoms with Crippen molar-refractivity contribution in [2.45, 2.75) is 32.2 Å². The molecular formula is C13H19NO. The molecule has 1 aromatic carbocycles. The van der Waals surface area contributed by atoms with Gasteiger partial charge in [-0.3, -0.25) is 0 Å². The lowest BCUT2D eigenvalue weighted by Crippen LogP contribution is -2.34. The molecule has 2 nitrogen and oxygen atoms in total. The van der Waals surface area contributed by atoms with Crippen LogP contribution in [0.4, 0.5) is 0 Å². The topological polar surface area (TPSA) is 21.3 Å². The molecule has 82 valence electrons. The molecule has 0 bridgehead atoms. The van der Waals surface area contributed by atoms with Gasteiger partial charge in [-0.1, -0.05) is 19.1 Å². The first-order valence-electron chi connectivity index (χ1n) is 5.73. The van der Waals surface area contributed by atoms with Gasteiger partial charge in [0.15, 0.2) is 0 Å². The maximum Gasteiger partial charge on any atom is 0.122 e. The van der Waals surface area contributed by atoms with Crippen LogP contribution in [-0.2, 0) is 12.8 Å². The van der Waals surface area contributed by atoms with Crippen molar-refractivity contribution in [2.24, 2.45) is 0 Å². The van der Waals surface area contributed by atoms with Gasteiger partial charge in [-0.05, 0) is 43.0 Å². The second-order valence-electron chi connectivity index (χ2n) is 4.10. The van der Waals surface area contributed by atoms with Gasteiger partial charge < -0.3 is 10.1 Å². The molecule has 1 unspecified atom stereocenters. The normalized spacial score (nSPS) is 19.7. The molecule has 0 radical (unpaired) electrons. The third-order valence-corrected chi connectivity index (χ3v) is 3.15. The highest BCUT2D eigenvalue weighted by molar-refractivity contribution is 5.42. The molecule has 2 rings (SSSR count). The Kier molecular flexibility index (Phi) is 3.27. The van der Waals surface area contributed by atoms with Crippen LogP contribution in [0.1, 0.15) is 24.5 Å². The molecule has 0 spiro atoms. The number of hydrogen-bond acceptors (Lipinski definition) is 2. The summed E-state index contributed by atoms with van der Waals surface area (Å²) in [6.45, 7) is 3.23. The van der Waals surface area contributed by atoms with Crippen LogP contribution in [0, 0.1) is 0 Å². The van der Waals surface area contributed by atoms with E-state index in [9.17, 15) is 0 Å². The number of fused-ring (bicyclic) bond motifs is 1. The lowest BCUT2D eigenvalue weighted by atomic mass is 9.87. The predicted molar refractivity (Wildman–Crippen MR) is 62.5 cm³/mol. The van der Waals surface area contributed by atoms with Gasteiger partial charge in [0.2, 0.25) is 0 Å². The molecule has 0 saturated heterocycles. The summed E-state index contributed by atoms with van der Waals surface area (Å²) >= 11 is 0. The smallest absolute Gasteiger partial charge is 0.122 e. The Morgan fingerprint density at radius 3 is 3.07 bits per heavy atom. The van der Waals surface area contributed by atoms with E-state index < -0.39 is 0 Å². The van der Waals surface area contributed by atoms with Gasteiger partial charge in [-0.25, -0.2) is 0 Å². The van der Waals surface area contributed by atoms with Crippen LogP contribution in [0.25, 0.3) is 0 Å². The summed E-state index contributed by atoms with van der Waals surface area (Å²) in [7, 11) is 1.76. The van der Waals surface area contributed by atoms with Crippen molar-refractivity contribution >= 4 is 0 Å². The van der Waals surface area contributed by atoms with Gasteiger partial charge in [-0.15, -0.1) is 0 Å². The average molecular weight is 205 g/mol. The van der Waals surface area contributed by atoms with Crippen LogP contribution in [0.5, 0.6) is 5.75 Å². The zero-order valence-corrected chi connectivity index (χ0v) is 9.55. The van der Waals surface area contributed by atoms with Crippen molar-refractivity contribution in [3.8, 4) is 5.75 Å². The molecule has 0 saturated carbocycles. The summed E-state index contributed by atoms with van der Waals surface area (Å²) in [6, 6.07) is 7.02. The molecule has 15 heavy (non-hydrogen) atoms. The maximum absolute atomic E-state index is 5.39. The van der Waals surface area contributed by atoms with E-state index in [1.54, 1.807) is 7.11 Å². The Morgan fingerprint density at radius 2 is 2.33 bits per heavy atom. The van der Waals surface area contributed by atoms with Crippen LogP contribution >= 0.6 is 0 Å². The molecule has 0 heterocycles. The van der Waals surface area contributed by atoms with Crippen molar-refractivity contribution < 1.29 is 4.74 Å². The molecule has 1 atom stereocenters. The van der Waals surface area contributed by atoms with Gasteiger partial charge in [0, 0.05) is 6.04 Å². The predicted octanol–water partition coefficient (Wildman–Crippen LogP) is 2.16. The highest BCUT2D eigenvalue weighted by Gasteiger charge is 2.19. The molecular weight excluding hydrogens is 186 g/mol. The first-order valence-corrected chi connectivity index (χ1v) is 5.73. The average Bonchev–Trinajstić information content (AvgIpc) is 2.28.